The van der Waals surface area contributed by atoms with E-state index in [-0.39, 0.29) is 12.5 Å². The number of benzene rings is 3. The molecule has 9 heteroatoms. The Bertz CT molecular complexity index is 1320. The molecule has 1 amide bonds. The third-order valence-electron chi connectivity index (χ3n) is 4.82. The molecule has 4 rings (SSSR count). The fourth-order valence-electron chi connectivity index (χ4n) is 3.20. The average Bonchev–Trinajstić information content (AvgIpc) is 3.12. The number of aliphatic imine (C=N–C) groups is 1. The molecule has 0 aliphatic carbocycles. The van der Waals surface area contributed by atoms with Gasteiger partial charge in [-0.05, 0) is 72.3 Å². The number of thioether (sulfide) groups is 1. The van der Waals surface area contributed by atoms with Crippen molar-refractivity contribution in [3.63, 3.8) is 0 Å². The summed E-state index contributed by atoms with van der Waals surface area (Å²) in [5, 5.41) is 4.68. The maximum absolute atomic E-state index is 12.5. The van der Waals surface area contributed by atoms with Crippen LogP contribution in [-0.4, -0.2) is 18.2 Å². The molecule has 0 radical (unpaired) electrons. The van der Waals surface area contributed by atoms with Crippen LogP contribution in [0.1, 0.15) is 16.7 Å². The lowest BCUT2D eigenvalue weighted by Gasteiger charge is -2.14. The van der Waals surface area contributed by atoms with E-state index in [1.807, 2.05) is 31.2 Å². The molecule has 5 nitrogen and oxygen atoms in total. The normalized spacial score (nSPS) is 15.6. The minimum atomic E-state index is -0.232. The molecular weight excluding hydrogens is 515 g/mol. The zero-order chi connectivity index (χ0) is 24.2. The number of methoxy groups -OCH3 is 1. The van der Waals surface area contributed by atoms with Gasteiger partial charge in [0, 0.05) is 15.6 Å². The van der Waals surface area contributed by atoms with Crippen molar-refractivity contribution < 1.29 is 14.3 Å². The van der Waals surface area contributed by atoms with Crippen molar-refractivity contribution in [1.82, 2.24) is 5.32 Å². The van der Waals surface area contributed by atoms with E-state index in [4.69, 9.17) is 44.3 Å². The number of ether oxygens (including phenoxy) is 2. The van der Waals surface area contributed by atoms with Crippen molar-refractivity contribution in [3.05, 3.63) is 91.3 Å². The van der Waals surface area contributed by atoms with Crippen LogP contribution in [0.2, 0.25) is 15.1 Å². The van der Waals surface area contributed by atoms with Crippen molar-refractivity contribution >= 4 is 69.4 Å². The van der Waals surface area contributed by atoms with Gasteiger partial charge in [-0.3, -0.25) is 4.79 Å². The second-order valence-corrected chi connectivity index (χ2v) is 9.66. The van der Waals surface area contributed by atoms with Crippen LogP contribution in [0.15, 0.2) is 64.5 Å². The number of hydrogen-bond acceptors (Lipinski definition) is 5. The Balaban J connectivity index is 1.54. The number of halogens is 3. The summed E-state index contributed by atoms with van der Waals surface area (Å²) in [6.45, 7) is 2.17. The van der Waals surface area contributed by atoms with Crippen molar-refractivity contribution in [3.8, 4) is 11.5 Å². The Morgan fingerprint density at radius 2 is 1.88 bits per heavy atom. The second kappa shape index (κ2) is 10.7. The van der Waals surface area contributed by atoms with Crippen LogP contribution in [0.4, 0.5) is 5.69 Å². The van der Waals surface area contributed by atoms with Gasteiger partial charge in [-0.1, -0.05) is 53.0 Å². The molecule has 0 saturated carbocycles. The lowest BCUT2D eigenvalue weighted by molar-refractivity contribution is -0.115. The second-order valence-electron chi connectivity index (χ2n) is 7.38. The highest BCUT2D eigenvalue weighted by atomic mass is 35.5. The average molecular weight is 534 g/mol. The van der Waals surface area contributed by atoms with Crippen molar-refractivity contribution in [2.45, 2.75) is 13.5 Å². The standard InChI is InChI=1S/C25H19Cl3N2O3S/c1-14-4-3-5-18(8-14)29-25-30-24(31)22(34-25)11-15-9-20(28)23(21(10-15)32-2)33-13-16-6-7-17(26)12-19(16)27/h3-12H,13H2,1-2H3,(H,29,30,31)/b22-11-. The Kier molecular flexibility index (Phi) is 7.73. The lowest BCUT2D eigenvalue weighted by Crippen LogP contribution is -2.19. The Morgan fingerprint density at radius 3 is 2.62 bits per heavy atom. The number of amidine groups is 1. The molecular formula is C25H19Cl3N2O3S. The molecule has 1 N–H and O–H groups in total. The molecule has 1 fully saturated rings. The Labute approximate surface area is 216 Å². The van der Waals surface area contributed by atoms with Crippen molar-refractivity contribution in [1.29, 1.82) is 0 Å². The van der Waals surface area contributed by atoms with E-state index in [9.17, 15) is 4.79 Å². The fraction of sp³-hybridized carbons (Fsp3) is 0.120. The number of nitrogens with one attached hydrogen (secondary N) is 1. The van der Waals surface area contributed by atoms with Gasteiger partial charge in [0.2, 0.25) is 0 Å². The van der Waals surface area contributed by atoms with E-state index in [1.54, 1.807) is 36.4 Å². The van der Waals surface area contributed by atoms with Crippen LogP contribution >= 0.6 is 46.6 Å². The highest BCUT2D eigenvalue weighted by molar-refractivity contribution is 8.18. The van der Waals surface area contributed by atoms with E-state index < -0.39 is 0 Å². The molecule has 0 bridgehead atoms. The number of aryl methyl sites for hydroxylation is 1. The summed E-state index contributed by atoms with van der Waals surface area (Å²) in [5.41, 5.74) is 3.31. The molecule has 1 heterocycles. The van der Waals surface area contributed by atoms with Gasteiger partial charge in [0.05, 0.1) is 22.7 Å². The molecule has 3 aromatic carbocycles. The SMILES string of the molecule is COc1cc(/C=C2\SC(=Nc3cccc(C)c3)NC2=O)cc(Cl)c1OCc1ccc(Cl)cc1Cl. The third kappa shape index (κ3) is 5.88. The molecule has 3 aromatic rings. The van der Waals surface area contributed by atoms with Crippen LogP contribution < -0.4 is 14.8 Å². The van der Waals surface area contributed by atoms with Crippen molar-refractivity contribution in [2.24, 2.45) is 4.99 Å². The largest absolute Gasteiger partial charge is 0.493 e. The van der Waals surface area contributed by atoms with Gasteiger partial charge in [-0.15, -0.1) is 0 Å². The van der Waals surface area contributed by atoms with Gasteiger partial charge in [-0.2, -0.15) is 0 Å². The van der Waals surface area contributed by atoms with Crippen LogP contribution in [0, 0.1) is 6.92 Å². The zero-order valence-electron chi connectivity index (χ0n) is 18.2. The minimum Gasteiger partial charge on any atom is -0.493 e. The molecule has 0 unspecified atom stereocenters. The van der Waals surface area contributed by atoms with E-state index in [1.165, 1.54) is 18.9 Å². The fourth-order valence-corrected chi connectivity index (χ4v) is 4.78. The van der Waals surface area contributed by atoms with Crippen LogP contribution in [0.3, 0.4) is 0 Å². The number of amides is 1. The minimum absolute atomic E-state index is 0.184. The van der Waals surface area contributed by atoms with E-state index in [2.05, 4.69) is 10.3 Å². The Morgan fingerprint density at radius 1 is 1.06 bits per heavy atom. The predicted molar refractivity (Wildman–Crippen MR) is 141 cm³/mol. The predicted octanol–water partition coefficient (Wildman–Crippen LogP) is 7.43. The first-order valence-electron chi connectivity index (χ1n) is 10.1. The molecule has 1 aliphatic rings. The first-order chi connectivity index (χ1) is 16.3. The topological polar surface area (TPSA) is 59.9 Å². The van der Waals surface area contributed by atoms with Gasteiger partial charge in [0.1, 0.15) is 6.61 Å². The summed E-state index contributed by atoms with van der Waals surface area (Å²) in [6, 6.07) is 16.4. The van der Waals surface area contributed by atoms with Crippen LogP contribution in [0.25, 0.3) is 6.08 Å². The highest BCUT2D eigenvalue weighted by Crippen LogP contribution is 2.39. The number of hydrogen-bond donors (Lipinski definition) is 1. The third-order valence-corrected chi connectivity index (χ3v) is 6.60. The number of carbonyl (C=O) groups excluding carboxylic acids is 1. The number of rotatable bonds is 6. The summed E-state index contributed by atoms with van der Waals surface area (Å²) < 4.78 is 11.4. The van der Waals surface area contributed by atoms with Crippen LogP contribution in [0.5, 0.6) is 11.5 Å². The smallest absolute Gasteiger partial charge is 0.264 e. The van der Waals surface area contributed by atoms with Crippen molar-refractivity contribution in [2.75, 3.05) is 7.11 Å². The number of carbonyl (C=O) groups is 1. The lowest BCUT2D eigenvalue weighted by atomic mass is 10.1. The van der Waals surface area contributed by atoms with Gasteiger partial charge < -0.3 is 14.8 Å². The summed E-state index contributed by atoms with van der Waals surface area (Å²) in [6.07, 6.45) is 1.73. The summed E-state index contributed by atoms with van der Waals surface area (Å²) in [5.74, 6) is 0.577. The number of nitrogens with zero attached hydrogens (tertiary/aromatic N) is 1. The van der Waals surface area contributed by atoms with Gasteiger partial charge in [-0.25, -0.2) is 4.99 Å². The maximum Gasteiger partial charge on any atom is 0.264 e. The summed E-state index contributed by atoms with van der Waals surface area (Å²) >= 11 is 19.9. The van der Waals surface area contributed by atoms with Gasteiger partial charge in [0.15, 0.2) is 16.7 Å². The van der Waals surface area contributed by atoms with E-state index in [0.717, 1.165) is 16.8 Å². The molecule has 1 saturated heterocycles. The first kappa shape index (κ1) is 24.5. The quantitative estimate of drug-likeness (QED) is 0.335. The molecule has 174 valence electrons. The highest BCUT2D eigenvalue weighted by Gasteiger charge is 2.24. The Hall–Kier alpha value is -2.64. The maximum atomic E-state index is 12.5. The zero-order valence-corrected chi connectivity index (χ0v) is 21.3. The van der Waals surface area contributed by atoms with Crippen LogP contribution in [-0.2, 0) is 11.4 Å². The van der Waals surface area contributed by atoms with E-state index >= 15 is 0 Å². The molecule has 0 aromatic heterocycles. The van der Waals surface area contributed by atoms with Gasteiger partial charge >= 0.3 is 0 Å². The van der Waals surface area contributed by atoms with E-state index in [0.29, 0.717) is 42.2 Å². The molecule has 0 spiro atoms. The molecule has 34 heavy (non-hydrogen) atoms. The first-order valence-corrected chi connectivity index (χ1v) is 12.1. The summed E-state index contributed by atoms with van der Waals surface area (Å²) in [7, 11) is 1.52. The monoisotopic (exact) mass is 532 g/mol. The molecule has 0 atom stereocenters. The molecule has 1 aliphatic heterocycles. The van der Waals surface area contributed by atoms with Gasteiger partial charge in [0.25, 0.3) is 5.91 Å². The summed E-state index contributed by atoms with van der Waals surface area (Å²) in [4.78, 5) is 17.5.